The van der Waals surface area contributed by atoms with Gasteiger partial charge in [-0.3, -0.25) is 14.2 Å². The minimum absolute atomic E-state index is 0.130. The van der Waals surface area contributed by atoms with Crippen molar-refractivity contribution in [3.05, 3.63) is 101 Å². The number of hydrogen-bond acceptors (Lipinski definition) is 4. The predicted molar refractivity (Wildman–Crippen MR) is 134 cm³/mol. The molecule has 6 nitrogen and oxygen atoms in total. The first-order chi connectivity index (χ1) is 16.0. The zero-order valence-electron chi connectivity index (χ0n) is 17.8. The van der Waals surface area contributed by atoms with Crippen molar-refractivity contribution in [2.75, 3.05) is 16.4 Å². The molecule has 0 aliphatic heterocycles. The number of carbonyl (C=O) groups is 2. The van der Waals surface area contributed by atoms with Crippen molar-refractivity contribution in [1.29, 1.82) is 0 Å². The number of amides is 2. The summed E-state index contributed by atoms with van der Waals surface area (Å²) in [5.74, 6) is -0.400. The SMILES string of the molecule is Cc1cccc(NC(=O)c2ccccc2NC(=O)CSc2nccn2-c2cccc(Cl)c2)c1. The lowest BCUT2D eigenvalue weighted by Crippen LogP contribution is -2.19. The largest absolute Gasteiger partial charge is 0.325 e. The molecule has 2 N–H and O–H groups in total. The number of anilines is 2. The number of thioether (sulfide) groups is 1. The van der Waals surface area contributed by atoms with Crippen LogP contribution in [0.15, 0.2) is 90.3 Å². The summed E-state index contributed by atoms with van der Waals surface area (Å²) < 4.78 is 1.87. The Labute approximate surface area is 201 Å². The molecule has 8 heteroatoms. The van der Waals surface area contributed by atoms with Gasteiger partial charge in [0.15, 0.2) is 5.16 Å². The van der Waals surface area contributed by atoms with Crippen molar-refractivity contribution in [3.8, 4) is 5.69 Å². The monoisotopic (exact) mass is 476 g/mol. The van der Waals surface area contributed by atoms with Crippen LogP contribution < -0.4 is 10.6 Å². The fraction of sp³-hybridized carbons (Fsp3) is 0.0800. The van der Waals surface area contributed by atoms with Gasteiger partial charge in [0.2, 0.25) is 5.91 Å². The minimum Gasteiger partial charge on any atom is -0.325 e. The molecule has 3 aromatic carbocycles. The third-order valence-electron chi connectivity index (χ3n) is 4.75. The van der Waals surface area contributed by atoms with E-state index in [4.69, 9.17) is 11.6 Å². The van der Waals surface area contributed by atoms with Gasteiger partial charge in [0.25, 0.3) is 5.91 Å². The Bertz CT molecular complexity index is 1300. The topological polar surface area (TPSA) is 76.0 Å². The molecule has 0 spiro atoms. The van der Waals surface area contributed by atoms with E-state index in [2.05, 4.69) is 15.6 Å². The van der Waals surface area contributed by atoms with Crippen molar-refractivity contribution in [2.45, 2.75) is 12.1 Å². The van der Waals surface area contributed by atoms with Gasteiger partial charge in [0, 0.05) is 28.8 Å². The Hall–Kier alpha value is -3.55. The second-order valence-corrected chi connectivity index (χ2v) is 8.64. The fourth-order valence-electron chi connectivity index (χ4n) is 3.25. The van der Waals surface area contributed by atoms with Gasteiger partial charge in [-0.05, 0) is 55.0 Å². The van der Waals surface area contributed by atoms with Crippen molar-refractivity contribution >= 4 is 46.6 Å². The molecule has 0 saturated heterocycles. The number of rotatable bonds is 7. The number of aryl methyl sites for hydroxylation is 1. The Balaban J connectivity index is 1.42. The first-order valence-corrected chi connectivity index (χ1v) is 11.5. The summed E-state index contributed by atoms with van der Waals surface area (Å²) in [6, 6.07) is 21.9. The van der Waals surface area contributed by atoms with Crippen LogP contribution in [0, 0.1) is 6.92 Å². The van der Waals surface area contributed by atoms with Crippen LogP contribution in [-0.4, -0.2) is 27.1 Å². The van der Waals surface area contributed by atoms with Gasteiger partial charge >= 0.3 is 0 Å². The van der Waals surface area contributed by atoms with E-state index in [9.17, 15) is 9.59 Å². The number of carbonyl (C=O) groups excluding carboxylic acids is 2. The van der Waals surface area contributed by atoms with Crippen LogP contribution >= 0.6 is 23.4 Å². The van der Waals surface area contributed by atoms with Crippen LogP contribution in [0.3, 0.4) is 0 Å². The van der Waals surface area contributed by atoms with Crippen LogP contribution in [-0.2, 0) is 4.79 Å². The number of para-hydroxylation sites is 1. The minimum atomic E-state index is -0.291. The lowest BCUT2D eigenvalue weighted by Gasteiger charge is -2.12. The summed E-state index contributed by atoms with van der Waals surface area (Å²) in [6.45, 7) is 1.96. The molecule has 0 aliphatic rings. The number of nitrogens with one attached hydrogen (secondary N) is 2. The molecule has 0 aliphatic carbocycles. The van der Waals surface area contributed by atoms with Gasteiger partial charge in [-0.15, -0.1) is 0 Å². The number of imidazole rings is 1. The van der Waals surface area contributed by atoms with Crippen molar-refractivity contribution in [2.24, 2.45) is 0 Å². The first kappa shape index (κ1) is 22.6. The molecular weight excluding hydrogens is 456 g/mol. The Morgan fingerprint density at radius 1 is 1.00 bits per heavy atom. The van der Waals surface area contributed by atoms with Crippen LogP contribution in [0.1, 0.15) is 15.9 Å². The van der Waals surface area contributed by atoms with Crippen LogP contribution in [0.25, 0.3) is 5.69 Å². The van der Waals surface area contributed by atoms with Gasteiger partial charge in [0.05, 0.1) is 17.0 Å². The molecule has 166 valence electrons. The smallest absolute Gasteiger partial charge is 0.257 e. The maximum absolute atomic E-state index is 12.8. The molecule has 0 fully saturated rings. The Morgan fingerprint density at radius 2 is 1.82 bits per heavy atom. The molecule has 1 aromatic heterocycles. The van der Waals surface area contributed by atoms with Crippen LogP contribution in [0.2, 0.25) is 5.02 Å². The highest BCUT2D eigenvalue weighted by Gasteiger charge is 2.15. The second-order valence-electron chi connectivity index (χ2n) is 7.27. The average Bonchev–Trinajstić information content (AvgIpc) is 3.27. The summed E-state index contributed by atoms with van der Waals surface area (Å²) in [4.78, 5) is 29.8. The molecule has 0 radical (unpaired) electrons. The van der Waals surface area contributed by atoms with E-state index in [1.807, 2.05) is 60.2 Å². The summed E-state index contributed by atoms with van der Waals surface area (Å²) in [7, 11) is 0. The summed E-state index contributed by atoms with van der Waals surface area (Å²) >= 11 is 7.39. The van der Waals surface area contributed by atoms with E-state index >= 15 is 0 Å². The van der Waals surface area contributed by atoms with Crippen LogP contribution in [0.4, 0.5) is 11.4 Å². The standard InChI is InChI=1S/C25H21ClN4O2S/c1-17-6-4-8-19(14-17)28-24(32)21-10-2-3-11-22(21)29-23(31)16-33-25-27-12-13-30(25)20-9-5-7-18(26)15-20/h2-15H,16H2,1H3,(H,28,32)(H,29,31). The van der Waals surface area contributed by atoms with E-state index in [0.717, 1.165) is 11.3 Å². The lowest BCUT2D eigenvalue weighted by molar-refractivity contribution is -0.113. The van der Waals surface area contributed by atoms with E-state index in [1.54, 1.807) is 36.5 Å². The summed E-state index contributed by atoms with van der Waals surface area (Å²) in [5, 5.41) is 7.00. The van der Waals surface area contributed by atoms with Gasteiger partial charge in [0.1, 0.15) is 0 Å². The first-order valence-electron chi connectivity index (χ1n) is 10.2. The van der Waals surface area contributed by atoms with Crippen molar-refractivity contribution < 1.29 is 9.59 Å². The van der Waals surface area contributed by atoms with Gasteiger partial charge in [-0.1, -0.05) is 53.7 Å². The number of benzene rings is 3. The highest BCUT2D eigenvalue weighted by atomic mass is 35.5. The zero-order valence-corrected chi connectivity index (χ0v) is 19.4. The normalized spacial score (nSPS) is 10.6. The third kappa shape index (κ3) is 5.83. The second kappa shape index (κ2) is 10.4. The molecule has 0 unspecified atom stereocenters. The molecular formula is C25H21ClN4O2S. The third-order valence-corrected chi connectivity index (χ3v) is 5.95. The maximum Gasteiger partial charge on any atom is 0.257 e. The molecule has 0 saturated carbocycles. The molecule has 4 aromatic rings. The average molecular weight is 477 g/mol. The Kier molecular flexibility index (Phi) is 7.12. The van der Waals surface area contributed by atoms with E-state index in [1.165, 1.54) is 11.8 Å². The fourth-order valence-corrected chi connectivity index (χ4v) is 4.20. The van der Waals surface area contributed by atoms with E-state index in [-0.39, 0.29) is 17.6 Å². The maximum atomic E-state index is 12.8. The van der Waals surface area contributed by atoms with Gasteiger partial charge in [-0.2, -0.15) is 0 Å². The number of aromatic nitrogens is 2. The highest BCUT2D eigenvalue weighted by Crippen LogP contribution is 2.23. The lowest BCUT2D eigenvalue weighted by atomic mass is 10.1. The summed E-state index contributed by atoms with van der Waals surface area (Å²) in [6.07, 6.45) is 3.49. The number of nitrogens with zero attached hydrogens (tertiary/aromatic N) is 2. The van der Waals surface area contributed by atoms with E-state index in [0.29, 0.717) is 27.1 Å². The summed E-state index contributed by atoms with van der Waals surface area (Å²) in [5.41, 5.74) is 3.44. The van der Waals surface area contributed by atoms with E-state index < -0.39 is 0 Å². The molecule has 2 amide bonds. The molecule has 0 bridgehead atoms. The molecule has 33 heavy (non-hydrogen) atoms. The van der Waals surface area contributed by atoms with Crippen molar-refractivity contribution in [1.82, 2.24) is 9.55 Å². The molecule has 1 heterocycles. The van der Waals surface area contributed by atoms with Gasteiger partial charge in [-0.25, -0.2) is 4.98 Å². The Morgan fingerprint density at radius 3 is 2.64 bits per heavy atom. The quantitative estimate of drug-likeness (QED) is 0.330. The zero-order chi connectivity index (χ0) is 23.2. The van der Waals surface area contributed by atoms with Crippen molar-refractivity contribution in [3.63, 3.8) is 0 Å². The molecule has 4 rings (SSSR count). The highest BCUT2D eigenvalue weighted by molar-refractivity contribution is 7.99. The van der Waals surface area contributed by atoms with Crippen LogP contribution in [0.5, 0.6) is 0 Å². The predicted octanol–water partition coefficient (Wildman–Crippen LogP) is 5.82. The van der Waals surface area contributed by atoms with Gasteiger partial charge < -0.3 is 10.6 Å². The number of halogens is 1. The number of hydrogen-bond donors (Lipinski definition) is 2. The molecule has 0 atom stereocenters.